The first-order chi connectivity index (χ1) is 15.3. The minimum atomic E-state index is -3.55. The van der Waals surface area contributed by atoms with Gasteiger partial charge < -0.3 is 14.6 Å². The van der Waals surface area contributed by atoms with E-state index in [1.807, 2.05) is 0 Å². The van der Waals surface area contributed by atoms with E-state index in [0.717, 1.165) is 43.1 Å². The van der Waals surface area contributed by atoms with Crippen molar-refractivity contribution in [2.24, 2.45) is 5.92 Å². The van der Waals surface area contributed by atoms with Gasteiger partial charge in [0.05, 0.1) is 16.3 Å². The lowest BCUT2D eigenvalue weighted by Gasteiger charge is -2.27. The molecule has 32 heavy (non-hydrogen) atoms. The van der Waals surface area contributed by atoms with Crippen molar-refractivity contribution in [1.29, 1.82) is 0 Å². The van der Waals surface area contributed by atoms with E-state index in [-0.39, 0.29) is 16.7 Å². The Labute approximate surface area is 195 Å². The van der Waals surface area contributed by atoms with Crippen molar-refractivity contribution < 1.29 is 17.9 Å². The summed E-state index contributed by atoms with van der Waals surface area (Å²) in [5, 5.41) is 2.66. The third-order valence-corrected chi connectivity index (χ3v) is 9.52. The van der Waals surface area contributed by atoms with Gasteiger partial charge in [-0.1, -0.05) is 35.8 Å². The Hall–Kier alpha value is -1.75. The summed E-state index contributed by atoms with van der Waals surface area (Å²) in [7, 11) is -3.55. The van der Waals surface area contributed by atoms with Crippen molar-refractivity contribution in [1.82, 2.24) is 9.55 Å². The molecule has 2 aromatic heterocycles. The lowest BCUT2D eigenvalue weighted by molar-refractivity contribution is -0.120. The molecule has 1 amide bonds. The molecule has 1 aliphatic heterocycles. The van der Waals surface area contributed by atoms with Crippen molar-refractivity contribution in [2.45, 2.75) is 61.1 Å². The Kier molecular flexibility index (Phi) is 7.34. The van der Waals surface area contributed by atoms with Crippen LogP contribution in [0.1, 0.15) is 51.0 Å². The average molecular weight is 500 g/mol. The molecule has 1 aliphatic carbocycles. The van der Waals surface area contributed by atoms with Crippen molar-refractivity contribution in [3.8, 4) is 0 Å². The molecule has 2 fully saturated rings. The Balaban J connectivity index is 1.62. The number of pyridine rings is 1. The summed E-state index contributed by atoms with van der Waals surface area (Å²) in [4.78, 5) is 30.2. The maximum absolute atomic E-state index is 13.1. The van der Waals surface area contributed by atoms with Crippen LogP contribution in [0.2, 0.25) is 4.34 Å². The summed E-state index contributed by atoms with van der Waals surface area (Å²) >= 11 is 7.05. The molecular formula is C21H26ClN3O5S2. The lowest BCUT2D eigenvalue weighted by Crippen LogP contribution is -2.35. The Bertz CT molecular complexity index is 1120. The number of hydrogen-bond acceptors (Lipinski definition) is 7. The van der Waals surface area contributed by atoms with E-state index in [2.05, 4.69) is 10.3 Å². The van der Waals surface area contributed by atoms with Crippen molar-refractivity contribution in [2.75, 3.05) is 18.5 Å². The van der Waals surface area contributed by atoms with Crippen LogP contribution in [-0.2, 0) is 19.4 Å². The molecular weight excluding hydrogens is 474 g/mol. The van der Waals surface area contributed by atoms with E-state index in [4.69, 9.17) is 16.3 Å². The number of thiazole rings is 1. The van der Waals surface area contributed by atoms with Gasteiger partial charge in [0.15, 0.2) is 15.0 Å². The van der Waals surface area contributed by atoms with Crippen molar-refractivity contribution >= 4 is 43.8 Å². The van der Waals surface area contributed by atoms with E-state index in [1.54, 1.807) is 0 Å². The first kappa shape index (κ1) is 23.4. The third-order valence-electron chi connectivity index (χ3n) is 6.23. The van der Waals surface area contributed by atoms with Gasteiger partial charge in [-0.2, -0.15) is 0 Å². The number of anilines is 1. The fourth-order valence-corrected chi connectivity index (χ4v) is 7.11. The van der Waals surface area contributed by atoms with Crippen LogP contribution in [0.25, 0.3) is 0 Å². The summed E-state index contributed by atoms with van der Waals surface area (Å²) in [6, 6.07) is 1.80. The number of ether oxygens (including phenoxy) is 1. The molecule has 1 atom stereocenters. The summed E-state index contributed by atoms with van der Waals surface area (Å²) in [5.74, 6) is -0.163. The van der Waals surface area contributed by atoms with E-state index >= 15 is 0 Å². The molecule has 1 saturated carbocycles. The van der Waals surface area contributed by atoms with Crippen LogP contribution >= 0.6 is 22.9 Å². The van der Waals surface area contributed by atoms with Crippen molar-refractivity contribution in [3.05, 3.63) is 39.2 Å². The van der Waals surface area contributed by atoms with E-state index in [0.29, 0.717) is 41.9 Å². The highest BCUT2D eigenvalue weighted by Crippen LogP contribution is 2.31. The highest BCUT2D eigenvalue weighted by atomic mass is 35.5. The van der Waals surface area contributed by atoms with Gasteiger partial charge in [-0.15, -0.1) is 0 Å². The number of nitrogens with zero attached hydrogens (tertiary/aromatic N) is 2. The fourth-order valence-electron chi connectivity index (χ4n) is 4.44. The van der Waals surface area contributed by atoms with Crippen LogP contribution in [0.3, 0.4) is 0 Å². The van der Waals surface area contributed by atoms with E-state index in [9.17, 15) is 18.0 Å². The van der Waals surface area contributed by atoms with Crippen LogP contribution in [0.5, 0.6) is 0 Å². The maximum Gasteiger partial charge on any atom is 0.252 e. The molecule has 11 heteroatoms. The zero-order chi connectivity index (χ0) is 22.7. The number of hydrogen-bond donors (Lipinski definition) is 1. The van der Waals surface area contributed by atoms with Gasteiger partial charge in [0, 0.05) is 25.5 Å². The van der Waals surface area contributed by atoms with Gasteiger partial charge in [0.25, 0.3) is 5.56 Å². The first-order valence-electron chi connectivity index (χ1n) is 10.8. The van der Waals surface area contributed by atoms with E-state index < -0.39 is 26.7 Å². The Morgan fingerprint density at radius 2 is 2.00 bits per heavy atom. The molecule has 1 N–H and O–H groups in total. The predicted molar refractivity (Wildman–Crippen MR) is 123 cm³/mol. The van der Waals surface area contributed by atoms with Crippen LogP contribution < -0.4 is 10.9 Å². The van der Waals surface area contributed by atoms with Crippen molar-refractivity contribution in [3.63, 3.8) is 0 Å². The largest absolute Gasteiger partial charge is 0.381 e. The van der Waals surface area contributed by atoms with Gasteiger partial charge in [-0.3, -0.25) is 9.59 Å². The monoisotopic (exact) mass is 499 g/mol. The molecule has 0 radical (unpaired) electrons. The number of halogens is 1. The molecule has 8 nitrogen and oxygen atoms in total. The van der Waals surface area contributed by atoms with Gasteiger partial charge in [0.1, 0.15) is 10.4 Å². The summed E-state index contributed by atoms with van der Waals surface area (Å²) < 4.78 is 33.0. The smallest absolute Gasteiger partial charge is 0.252 e. The summed E-state index contributed by atoms with van der Waals surface area (Å²) in [6.07, 6.45) is 7.94. The molecule has 174 valence electrons. The van der Waals surface area contributed by atoms with Crippen LogP contribution in [0.15, 0.2) is 34.2 Å². The number of amides is 1. The quantitative estimate of drug-likeness (QED) is 0.622. The number of aromatic nitrogens is 2. The number of carbonyl (C=O) groups excluding carboxylic acids is 1. The highest BCUT2D eigenvalue weighted by Gasteiger charge is 2.32. The zero-order valence-corrected chi connectivity index (χ0v) is 19.9. The molecule has 0 spiro atoms. The molecule has 2 aromatic rings. The van der Waals surface area contributed by atoms with Gasteiger partial charge in [-0.25, -0.2) is 13.4 Å². The molecule has 2 aliphatic rings. The second-order valence-electron chi connectivity index (χ2n) is 8.33. The molecule has 0 unspecified atom stereocenters. The minimum Gasteiger partial charge on any atom is -0.381 e. The predicted octanol–water partition coefficient (Wildman–Crippen LogP) is 3.67. The van der Waals surface area contributed by atoms with Crippen LogP contribution in [-0.4, -0.2) is 42.3 Å². The summed E-state index contributed by atoms with van der Waals surface area (Å²) in [5.41, 5.74) is -0.506. The SMILES string of the molecule is O=C(Nc1ncc(Cl)s1)[C@@H](CC1CCOCC1)n1ccc(S(=O)(=O)C2CCCC2)cc1=O. The number of rotatable bonds is 7. The average Bonchev–Trinajstić information content (AvgIpc) is 3.45. The molecule has 0 bridgehead atoms. The Morgan fingerprint density at radius 3 is 2.62 bits per heavy atom. The van der Waals surface area contributed by atoms with Gasteiger partial charge in [-0.05, 0) is 44.1 Å². The maximum atomic E-state index is 13.1. The standard InChI is InChI=1S/C21H26ClN3O5S2/c22-18-13-23-21(31-18)24-20(27)17(11-14-6-9-30-10-7-14)25-8-5-16(12-19(25)26)32(28,29)15-3-1-2-4-15/h5,8,12-15,17H,1-4,6-7,9-11H2,(H,23,24,27)/t17-/m1/s1. The Morgan fingerprint density at radius 1 is 1.28 bits per heavy atom. The molecule has 4 rings (SSSR count). The first-order valence-corrected chi connectivity index (χ1v) is 13.5. The van der Waals surface area contributed by atoms with Crippen LogP contribution in [0.4, 0.5) is 5.13 Å². The third kappa shape index (κ3) is 5.24. The van der Waals surface area contributed by atoms with Gasteiger partial charge in [0.2, 0.25) is 5.91 Å². The normalized spacial score (nSPS) is 19.2. The number of sulfone groups is 1. The molecule has 3 heterocycles. The molecule has 0 aromatic carbocycles. The topological polar surface area (TPSA) is 107 Å². The zero-order valence-electron chi connectivity index (χ0n) is 17.5. The van der Waals surface area contributed by atoms with Gasteiger partial charge >= 0.3 is 0 Å². The highest BCUT2D eigenvalue weighted by molar-refractivity contribution is 7.92. The lowest BCUT2D eigenvalue weighted by atomic mass is 9.92. The summed E-state index contributed by atoms with van der Waals surface area (Å²) in [6.45, 7) is 1.24. The minimum absolute atomic E-state index is 0.0302. The second kappa shape index (κ2) is 10.0. The van der Waals surface area contributed by atoms with E-state index in [1.165, 1.54) is 23.0 Å². The van der Waals surface area contributed by atoms with Crippen LogP contribution in [0, 0.1) is 5.92 Å². The second-order valence-corrected chi connectivity index (χ2v) is 12.2. The number of carbonyl (C=O) groups is 1. The fraction of sp³-hybridized carbons (Fsp3) is 0.571. The number of nitrogens with one attached hydrogen (secondary N) is 1. The molecule has 1 saturated heterocycles.